The summed E-state index contributed by atoms with van der Waals surface area (Å²) in [5, 5.41) is 17.9. The summed E-state index contributed by atoms with van der Waals surface area (Å²) in [5.74, 6) is -2.92. The summed E-state index contributed by atoms with van der Waals surface area (Å²) < 4.78 is 12.4. The fourth-order valence-electron chi connectivity index (χ4n) is 0.851. The molecule has 0 bridgehead atoms. The van der Waals surface area contributed by atoms with Crippen molar-refractivity contribution >= 4 is 23.7 Å². The number of hydrogen-bond acceptors (Lipinski definition) is 3. The van der Waals surface area contributed by atoms with Crippen LogP contribution in [-0.2, 0) is 9.59 Å². The Hall–Kier alpha value is -2.90. The predicted molar refractivity (Wildman–Crippen MR) is 64.0 cm³/mol. The number of halogens is 1. The molecule has 1 aromatic carbocycles. The molecule has 19 heavy (non-hydrogen) atoms. The molecule has 0 spiro atoms. The molecule has 0 aliphatic heterocycles. The van der Waals surface area contributed by atoms with E-state index in [1.165, 1.54) is 18.2 Å². The van der Waals surface area contributed by atoms with Gasteiger partial charge in [0.25, 0.3) is 0 Å². The van der Waals surface area contributed by atoms with Gasteiger partial charge in [0.2, 0.25) is 0 Å². The molecule has 0 aromatic heterocycles. The van der Waals surface area contributed by atoms with E-state index in [2.05, 4.69) is 5.32 Å². The van der Waals surface area contributed by atoms with Gasteiger partial charge in [0, 0.05) is 17.8 Å². The van der Waals surface area contributed by atoms with Gasteiger partial charge in [-0.2, -0.15) is 0 Å². The fraction of sp³-hybridized carbons (Fsp3) is 0. The molecule has 5 N–H and O–H groups in total. The molecule has 0 heterocycles. The normalized spacial score (nSPS) is 9.32. The van der Waals surface area contributed by atoms with E-state index in [-0.39, 0.29) is 0 Å². The highest BCUT2D eigenvalue weighted by molar-refractivity contribution is 5.89. The number of carboxylic acid groups (broad SMARTS) is 2. The van der Waals surface area contributed by atoms with Crippen molar-refractivity contribution in [2.24, 2.45) is 5.73 Å². The lowest BCUT2D eigenvalue weighted by molar-refractivity contribution is -0.134. The predicted octanol–water partition coefficient (Wildman–Crippen LogP) is 1.03. The number of benzene rings is 1. The first kappa shape index (κ1) is 16.1. The number of nitrogens with two attached hydrogens (primary N) is 1. The van der Waals surface area contributed by atoms with Crippen molar-refractivity contribution < 1.29 is 29.0 Å². The standard InChI is InChI=1S/C7H7FN2O.C4H4O4/c8-5-2-1-3-6(4-5)10-7(9)11;5-3(6)1-2-4(7)8/h1-4H,(H3,9,10,11);1-2H,(H,5,6)(H,7,8)/b;2-1-. The smallest absolute Gasteiger partial charge is 0.328 e. The highest BCUT2D eigenvalue weighted by Crippen LogP contribution is 2.07. The number of carboxylic acids is 2. The second-order valence-electron chi connectivity index (χ2n) is 3.01. The van der Waals surface area contributed by atoms with Gasteiger partial charge in [-0.05, 0) is 18.2 Å². The SMILES string of the molecule is NC(=O)Nc1cccc(F)c1.O=C(O)/C=C\C(=O)O. The number of hydrogen-bond donors (Lipinski definition) is 4. The number of amides is 2. The van der Waals surface area contributed by atoms with Crippen LogP contribution in [0.25, 0.3) is 0 Å². The summed E-state index contributed by atoms with van der Waals surface area (Å²) in [4.78, 5) is 29.4. The van der Waals surface area contributed by atoms with Crippen molar-refractivity contribution in [3.8, 4) is 0 Å². The number of rotatable bonds is 3. The zero-order valence-corrected chi connectivity index (χ0v) is 9.54. The molecule has 2 amide bonds. The molecule has 0 saturated heterocycles. The third kappa shape index (κ3) is 10.00. The zero-order chi connectivity index (χ0) is 14.8. The van der Waals surface area contributed by atoms with Gasteiger partial charge in [-0.3, -0.25) is 0 Å². The van der Waals surface area contributed by atoms with Crippen LogP contribution in [0.5, 0.6) is 0 Å². The number of anilines is 1. The van der Waals surface area contributed by atoms with E-state index in [1.807, 2.05) is 0 Å². The summed E-state index contributed by atoms with van der Waals surface area (Å²) >= 11 is 0. The number of aliphatic carboxylic acids is 2. The summed E-state index contributed by atoms with van der Waals surface area (Å²) in [5.41, 5.74) is 5.16. The third-order valence-electron chi connectivity index (χ3n) is 1.46. The van der Waals surface area contributed by atoms with Gasteiger partial charge in [0.1, 0.15) is 5.82 Å². The molecule has 0 atom stereocenters. The van der Waals surface area contributed by atoms with Crippen LogP contribution in [0.1, 0.15) is 0 Å². The highest BCUT2D eigenvalue weighted by Gasteiger charge is 1.95. The van der Waals surface area contributed by atoms with Crippen molar-refractivity contribution in [3.05, 3.63) is 42.2 Å². The lowest BCUT2D eigenvalue weighted by Crippen LogP contribution is -2.19. The first-order chi connectivity index (χ1) is 8.81. The van der Waals surface area contributed by atoms with Crippen LogP contribution in [0.3, 0.4) is 0 Å². The molecular weight excluding hydrogens is 259 g/mol. The Kier molecular flexibility index (Phi) is 6.97. The maximum atomic E-state index is 12.4. The fourth-order valence-corrected chi connectivity index (χ4v) is 0.851. The number of nitrogens with one attached hydrogen (secondary N) is 1. The van der Waals surface area contributed by atoms with Gasteiger partial charge in [0.05, 0.1) is 0 Å². The number of carbonyl (C=O) groups excluding carboxylic acids is 1. The second-order valence-corrected chi connectivity index (χ2v) is 3.01. The second kappa shape index (κ2) is 8.23. The molecule has 102 valence electrons. The lowest BCUT2D eigenvalue weighted by Gasteiger charge is -1.99. The van der Waals surface area contributed by atoms with E-state index in [4.69, 9.17) is 15.9 Å². The maximum Gasteiger partial charge on any atom is 0.328 e. The molecule has 7 nitrogen and oxygen atoms in total. The van der Waals surface area contributed by atoms with Crippen molar-refractivity contribution in [1.82, 2.24) is 0 Å². The molecule has 0 fully saturated rings. The average molecular weight is 270 g/mol. The maximum absolute atomic E-state index is 12.4. The first-order valence-electron chi connectivity index (χ1n) is 4.77. The molecule has 0 aliphatic carbocycles. The Morgan fingerprint density at radius 1 is 1.16 bits per heavy atom. The molecule has 1 aromatic rings. The van der Waals surface area contributed by atoms with Gasteiger partial charge in [-0.25, -0.2) is 18.8 Å². The zero-order valence-electron chi connectivity index (χ0n) is 9.54. The average Bonchev–Trinajstić information content (AvgIpc) is 2.26. The highest BCUT2D eigenvalue weighted by atomic mass is 19.1. The molecule has 0 radical (unpaired) electrons. The summed E-state index contributed by atoms with van der Waals surface area (Å²) in [6, 6.07) is 4.81. The minimum Gasteiger partial charge on any atom is -0.478 e. The lowest BCUT2D eigenvalue weighted by atomic mass is 10.3. The summed E-state index contributed by atoms with van der Waals surface area (Å²) in [7, 11) is 0. The van der Waals surface area contributed by atoms with Crippen LogP contribution in [0.4, 0.5) is 14.9 Å². The Morgan fingerprint density at radius 3 is 2.05 bits per heavy atom. The topological polar surface area (TPSA) is 130 Å². The number of primary amides is 1. The number of carbonyl (C=O) groups is 3. The van der Waals surface area contributed by atoms with Crippen LogP contribution < -0.4 is 11.1 Å². The van der Waals surface area contributed by atoms with E-state index in [0.29, 0.717) is 17.8 Å². The molecule has 8 heteroatoms. The van der Waals surface area contributed by atoms with Crippen LogP contribution in [0.15, 0.2) is 36.4 Å². The molecular formula is C11H11FN2O5. The van der Waals surface area contributed by atoms with E-state index >= 15 is 0 Å². The van der Waals surface area contributed by atoms with Crippen LogP contribution in [0, 0.1) is 5.82 Å². The van der Waals surface area contributed by atoms with E-state index < -0.39 is 23.8 Å². The quantitative estimate of drug-likeness (QED) is 0.609. The Labute approximate surface area is 107 Å². The van der Waals surface area contributed by atoms with Crippen molar-refractivity contribution in [1.29, 1.82) is 0 Å². The third-order valence-corrected chi connectivity index (χ3v) is 1.46. The molecule has 1 rings (SSSR count). The van der Waals surface area contributed by atoms with Crippen molar-refractivity contribution in [2.45, 2.75) is 0 Å². The monoisotopic (exact) mass is 270 g/mol. The number of urea groups is 1. The minimum atomic E-state index is -1.26. The van der Waals surface area contributed by atoms with Gasteiger partial charge in [0.15, 0.2) is 0 Å². The van der Waals surface area contributed by atoms with Gasteiger partial charge in [-0.1, -0.05) is 6.07 Å². The van der Waals surface area contributed by atoms with E-state index in [0.717, 1.165) is 0 Å². The van der Waals surface area contributed by atoms with Crippen LogP contribution >= 0.6 is 0 Å². The molecule has 0 unspecified atom stereocenters. The van der Waals surface area contributed by atoms with E-state index in [9.17, 15) is 18.8 Å². The minimum absolute atomic E-state index is 0.359. The van der Waals surface area contributed by atoms with Gasteiger partial charge >= 0.3 is 18.0 Å². The first-order valence-corrected chi connectivity index (χ1v) is 4.77. The largest absolute Gasteiger partial charge is 0.478 e. The Bertz CT molecular complexity index is 486. The van der Waals surface area contributed by atoms with Gasteiger partial charge < -0.3 is 21.3 Å². The summed E-state index contributed by atoms with van der Waals surface area (Å²) in [6.45, 7) is 0. The summed E-state index contributed by atoms with van der Waals surface area (Å²) in [6.07, 6.45) is 1.12. The van der Waals surface area contributed by atoms with Crippen molar-refractivity contribution in [2.75, 3.05) is 5.32 Å². The molecule has 0 aliphatic rings. The molecule has 0 saturated carbocycles. The van der Waals surface area contributed by atoms with Gasteiger partial charge in [-0.15, -0.1) is 0 Å². The van der Waals surface area contributed by atoms with Crippen molar-refractivity contribution in [3.63, 3.8) is 0 Å². The van der Waals surface area contributed by atoms with Crippen LogP contribution in [-0.4, -0.2) is 28.2 Å². The Morgan fingerprint density at radius 2 is 1.68 bits per heavy atom. The van der Waals surface area contributed by atoms with E-state index in [1.54, 1.807) is 6.07 Å². The van der Waals surface area contributed by atoms with Crippen LogP contribution in [0.2, 0.25) is 0 Å². The Balaban J connectivity index is 0.000000362.